The summed E-state index contributed by atoms with van der Waals surface area (Å²) in [5.41, 5.74) is 1.12. The molecule has 0 aliphatic rings. The van der Waals surface area contributed by atoms with Crippen LogP contribution in [0, 0.1) is 11.3 Å². The molecule has 0 aliphatic carbocycles. The Bertz CT molecular complexity index is 367. The predicted molar refractivity (Wildman–Crippen MR) is 62.4 cm³/mol. The molecule has 1 aromatic carbocycles. The van der Waals surface area contributed by atoms with Gasteiger partial charge in [-0.25, -0.2) is 0 Å². The summed E-state index contributed by atoms with van der Waals surface area (Å²) in [5, 5.41) is 8.44. The molecule has 0 N–H and O–H groups in total. The Morgan fingerprint density at radius 2 is 2.06 bits per heavy atom. The lowest BCUT2D eigenvalue weighted by Crippen LogP contribution is -2.29. The molecule has 0 aromatic heterocycles. The van der Waals surface area contributed by atoms with E-state index in [2.05, 4.69) is 0 Å². The molecule has 1 aromatic rings. The highest BCUT2D eigenvalue weighted by Crippen LogP contribution is 2.06. The highest BCUT2D eigenvalue weighted by Gasteiger charge is 2.10. The maximum absolute atomic E-state index is 11.7. The van der Waals surface area contributed by atoms with Gasteiger partial charge in [-0.3, -0.25) is 4.79 Å². The van der Waals surface area contributed by atoms with Crippen molar-refractivity contribution in [3.63, 3.8) is 0 Å². The summed E-state index contributed by atoms with van der Waals surface area (Å²) in [6.07, 6.45) is 0.612. The van der Waals surface area contributed by atoms with E-state index in [9.17, 15) is 4.79 Å². The van der Waals surface area contributed by atoms with Crippen molar-refractivity contribution in [3.05, 3.63) is 35.9 Å². The van der Waals surface area contributed by atoms with Crippen molar-refractivity contribution in [1.82, 2.24) is 4.90 Å². The quantitative estimate of drug-likeness (QED) is 0.758. The van der Waals surface area contributed by atoms with Crippen LogP contribution >= 0.6 is 0 Å². The van der Waals surface area contributed by atoms with Gasteiger partial charge in [0, 0.05) is 25.9 Å². The van der Waals surface area contributed by atoms with E-state index in [1.807, 2.05) is 43.3 Å². The predicted octanol–water partition coefficient (Wildman–Crippen LogP) is 2.34. The largest absolute Gasteiger partial charge is 0.339 e. The fraction of sp³-hybridized carbons (Fsp3) is 0.385. The molecule has 3 nitrogen and oxygen atoms in total. The van der Waals surface area contributed by atoms with E-state index in [4.69, 9.17) is 5.26 Å². The van der Waals surface area contributed by atoms with E-state index in [0.29, 0.717) is 25.9 Å². The third kappa shape index (κ3) is 3.74. The highest BCUT2D eigenvalue weighted by molar-refractivity contribution is 5.76. The first-order valence-corrected chi connectivity index (χ1v) is 5.46. The molecule has 3 heteroatoms. The minimum Gasteiger partial charge on any atom is -0.339 e. The number of hydrogen-bond donors (Lipinski definition) is 0. The summed E-state index contributed by atoms with van der Waals surface area (Å²) < 4.78 is 0. The van der Waals surface area contributed by atoms with Gasteiger partial charge in [0.05, 0.1) is 6.07 Å². The zero-order valence-corrected chi connectivity index (χ0v) is 9.52. The molecule has 1 amide bonds. The SMILES string of the molecule is CCN(Cc1ccccc1)C(=O)CCC#N. The average Bonchev–Trinajstić information content (AvgIpc) is 2.34. The van der Waals surface area contributed by atoms with Crippen molar-refractivity contribution >= 4 is 5.91 Å². The number of benzene rings is 1. The maximum atomic E-state index is 11.7. The van der Waals surface area contributed by atoms with Crippen molar-refractivity contribution in [1.29, 1.82) is 5.26 Å². The van der Waals surface area contributed by atoms with Crippen molar-refractivity contribution in [3.8, 4) is 6.07 Å². The van der Waals surface area contributed by atoms with Gasteiger partial charge in [-0.2, -0.15) is 5.26 Å². The number of carbonyl (C=O) groups excluding carboxylic acids is 1. The first kappa shape index (κ1) is 12.3. The number of nitrogens with zero attached hydrogens (tertiary/aromatic N) is 2. The second kappa shape index (κ2) is 6.62. The van der Waals surface area contributed by atoms with Crippen LogP contribution in [0.1, 0.15) is 25.3 Å². The summed E-state index contributed by atoms with van der Waals surface area (Å²) >= 11 is 0. The van der Waals surface area contributed by atoms with E-state index < -0.39 is 0 Å². The van der Waals surface area contributed by atoms with Crippen molar-refractivity contribution in [2.45, 2.75) is 26.3 Å². The van der Waals surface area contributed by atoms with Crippen LogP contribution < -0.4 is 0 Å². The van der Waals surface area contributed by atoms with Gasteiger partial charge in [-0.1, -0.05) is 30.3 Å². The first-order chi connectivity index (χ1) is 7.77. The second-order valence-electron chi connectivity index (χ2n) is 3.55. The van der Waals surface area contributed by atoms with E-state index in [1.165, 1.54) is 0 Å². The number of nitriles is 1. The summed E-state index contributed by atoms with van der Waals surface area (Å²) in [5.74, 6) is 0.0490. The highest BCUT2D eigenvalue weighted by atomic mass is 16.2. The Balaban J connectivity index is 2.56. The summed E-state index contributed by atoms with van der Waals surface area (Å²) in [4.78, 5) is 13.5. The van der Waals surface area contributed by atoms with Crippen molar-refractivity contribution < 1.29 is 4.79 Å². The van der Waals surface area contributed by atoms with E-state index >= 15 is 0 Å². The third-order valence-electron chi connectivity index (χ3n) is 2.40. The van der Waals surface area contributed by atoms with E-state index in [0.717, 1.165) is 5.56 Å². The van der Waals surface area contributed by atoms with Crippen molar-refractivity contribution in [2.24, 2.45) is 0 Å². The van der Waals surface area contributed by atoms with Crippen LogP contribution in [0.25, 0.3) is 0 Å². The van der Waals surface area contributed by atoms with Gasteiger partial charge in [0.15, 0.2) is 0 Å². The number of amides is 1. The Morgan fingerprint density at radius 1 is 1.38 bits per heavy atom. The zero-order valence-electron chi connectivity index (χ0n) is 9.52. The van der Waals surface area contributed by atoms with Crippen LogP contribution in [0.5, 0.6) is 0 Å². The third-order valence-corrected chi connectivity index (χ3v) is 2.40. The summed E-state index contributed by atoms with van der Waals surface area (Å²) in [6, 6.07) is 11.9. The topological polar surface area (TPSA) is 44.1 Å². The van der Waals surface area contributed by atoms with Gasteiger partial charge in [0.1, 0.15) is 0 Å². The smallest absolute Gasteiger partial charge is 0.223 e. The fourth-order valence-electron chi connectivity index (χ4n) is 1.50. The van der Waals surface area contributed by atoms with Crippen molar-refractivity contribution in [2.75, 3.05) is 6.54 Å². The fourth-order valence-corrected chi connectivity index (χ4v) is 1.50. The lowest BCUT2D eigenvalue weighted by atomic mass is 10.2. The molecular weight excluding hydrogens is 200 g/mol. The monoisotopic (exact) mass is 216 g/mol. The van der Waals surface area contributed by atoms with Gasteiger partial charge in [0.25, 0.3) is 0 Å². The van der Waals surface area contributed by atoms with Crippen LogP contribution in [0.2, 0.25) is 0 Å². The molecule has 0 heterocycles. The Morgan fingerprint density at radius 3 is 2.62 bits per heavy atom. The van der Waals surface area contributed by atoms with Gasteiger partial charge in [0.2, 0.25) is 5.91 Å². The molecule has 0 spiro atoms. The van der Waals surface area contributed by atoms with Crippen LogP contribution in [0.15, 0.2) is 30.3 Å². The van der Waals surface area contributed by atoms with Gasteiger partial charge < -0.3 is 4.90 Å². The van der Waals surface area contributed by atoms with E-state index in [1.54, 1.807) is 4.90 Å². The molecule has 0 atom stereocenters. The Hall–Kier alpha value is -1.82. The van der Waals surface area contributed by atoms with E-state index in [-0.39, 0.29) is 5.91 Å². The van der Waals surface area contributed by atoms with Gasteiger partial charge >= 0.3 is 0 Å². The Labute approximate surface area is 96.3 Å². The normalized spacial score (nSPS) is 9.50. The van der Waals surface area contributed by atoms with Crippen LogP contribution in [0.4, 0.5) is 0 Å². The maximum Gasteiger partial charge on any atom is 0.223 e. The molecule has 84 valence electrons. The Kier molecular flexibility index (Phi) is 5.07. The zero-order chi connectivity index (χ0) is 11.8. The molecule has 0 bridgehead atoms. The summed E-state index contributed by atoms with van der Waals surface area (Å²) in [6.45, 7) is 3.26. The number of rotatable bonds is 5. The molecule has 1 rings (SSSR count). The van der Waals surface area contributed by atoms with Gasteiger partial charge in [-0.05, 0) is 12.5 Å². The molecule has 0 radical (unpaired) electrons. The standard InChI is InChI=1S/C13H16N2O/c1-2-15(13(16)9-6-10-14)11-12-7-4-3-5-8-12/h3-5,7-8H,2,6,9,11H2,1H3. The van der Waals surface area contributed by atoms with Crippen LogP contribution in [-0.4, -0.2) is 17.4 Å². The lowest BCUT2D eigenvalue weighted by molar-refractivity contribution is -0.131. The lowest BCUT2D eigenvalue weighted by Gasteiger charge is -2.20. The molecule has 0 aliphatic heterocycles. The molecule has 0 saturated heterocycles. The molecule has 0 saturated carbocycles. The summed E-state index contributed by atoms with van der Waals surface area (Å²) in [7, 11) is 0. The minimum atomic E-state index is 0.0490. The van der Waals surface area contributed by atoms with Crippen LogP contribution in [-0.2, 0) is 11.3 Å². The average molecular weight is 216 g/mol. The molecular formula is C13H16N2O. The first-order valence-electron chi connectivity index (χ1n) is 5.46. The molecule has 0 unspecified atom stereocenters. The number of hydrogen-bond acceptors (Lipinski definition) is 2. The minimum absolute atomic E-state index is 0.0490. The molecule has 16 heavy (non-hydrogen) atoms. The number of carbonyl (C=O) groups is 1. The second-order valence-corrected chi connectivity index (χ2v) is 3.55. The molecule has 0 fully saturated rings. The van der Waals surface area contributed by atoms with Gasteiger partial charge in [-0.15, -0.1) is 0 Å². The van der Waals surface area contributed by atoms with Crippen LogP contribution in [0.3, 0.4) is 0 Å².